The van der Waals surface area contributed by atoms with Crippen molar-refractivity contribution in [3.63, 3.8) is 0 Å². The Balaban J connectivity index is 2.81. The molecule has 0 heterocycles. The van der Waals surface area contributed by atoms with Crippen molar-refractivity contribution in [1.29, 1.82) is 0 Å². The van der Waals surface area contributed by atoms with Gasteiger partial charge in [-0.15, -0.1) is 0 Å². The highest BCUT2D eigenvalue weighted by molar-refractivity contribution is 9.11. The number of nitrogens with one attached hydrogen (secondary N) is 1. The highest BCUT2D eigenvalue weighted by atomic mass is 79.9. The summed E-state index contributed by atoms with van der Waals surface area (Å²) in [5.74, 6) is 0.713. The quantitative estimate of drug-likeness (QED) is 0.771. The van der Waals surface area contributed by atoms with Gasteiger partial charge in [-0.05, 0) is 75.7 Å². The lowest BCUT2D eigenvalue weighted by atomic mass is 10.0. The first-order valence-electron chi connectivity index (χ1n) is 5.62. The van der Waals surface area contributed by atoms with Crippen molar-refractivity contribution in [3.05, 3.63) is 26.6 Å². The molecule has 90 valence electrons. The molecule has 0 spiro atoms. The fourth-order valence-electron chi connectivity index (χ4n) is 1.85. The van der Waals surface area contributed by atoms with Crippen molar-refractivity contribution in [1.82, 2.24) is 0 Å². The van der Waals surface area contributed by atoms with Gasteiger partial charge < -0.3 is 5.32 Å². The monoisotopic (exact) mass is 347 g/mol. The Hall–Kier alpha value is -0.0200. The molecule has 1 aromatic rings. The fraction of sp³-hybridized carbons (Fsp3) is 0.538. The van der Waals surface area contributed by atoms with Gasteiger partial charge in [-0.2, -0.15) is 0 Å². The molecule has 0 bridgehead atoms. The molecule has 0 fully saturated rings. The van der Waals surface area contributed by atoms with Crippen LogP contribution in [0.15, 0.2) is 21.1 Å². The van der Waals surface area contributed by atoms with Crippen LogP contribution < -0.4 is 5.32 Å². The van der Waals surface area contributed by atoms with Gasteiger partial charge in [0.1, 0.15) is 0 Å². The average Bonchev–Trinajstić information content (AvgIpc) is 2.09. The summed E-state index contributed by atoms with van der Waals surface area (Å²) in [6.45, 7) is 8.81. The highest BCUT2D eigenvalue weighted by Gasteiger charge is 2.10. The number of hydrogen-bond acceptors (Lipinski definition) is 1. The third kappa shape index (κ3) is 4.10. The lowest BCUT2D eigenvalue weighted by Crippen LogP contribution is -2.18. The first-order chi connectivity index (χ1) is 7.40. The van der Waals surface area contributed by atoms with E-state index < -0.39 is 0 Å². The van der Waals surface area contributed by atoms with Gasteiger partial charge in [0.2, 0.25) is 0 Å². The number of benzene rings is 1. The minimum absolute atomic E-state index is 0.482. The standard InChI is InChI=1S/C13H19Br2N/c1-8(2)5-10(4)16-13-11(14)6-9(3)7-12(13)15/h6-8,10,16H,5H2,1-4H3. The largest absolute Gasteiger partial charge is 0.381 e. The van der Waals surface area contributed by atoms with Gasteiger partial charge in [-0.25, -0.2) is 0 Å². The number of aryl methyl sites for hydroxylation is 1. The number of rotatable bonds is 4. The molecule has 3 heteroatoms. The maximum atomic E-state index is 3.60. The second-order valence-electron chi connectivity index (χ2n) is 4.78. The zero-order chi connectivity index (χ0) is 12.3. The molecule has 0 saturated carbocycles. The Morgan fingerprint density at radius 1 is 1.12 bits per heavy atom. The minimum atomic E-state index is 0.482. The molecule has 0 aliphatic heterocycles. The van der Waals surface area contributed by atoms with Crippen molar-refractivity contribution in [2.24, 2.45) is 5.92 Å². The summed E-state index contributed by atoms with van der Waals surface area (Å²) in [5, 5.41) is 3.54. The molecule has 0 amide bonds. The molecule has 1 nitrogen and oxygen atoms in total. The van der Waals surface area contributed by atoms with Gasteiger partial charge in [0.05, 0.1) is 5.69 Å². The van der Waals surface area contributed by atoms with Gasteiger partial charge in [-0.1, -0.05) is 13.8 Å². The molecule has 0 aliphatic rings. The summed E-state index contributed by atoms with van der Waals surface area (Å²) in [4.78, 5) is 0. The fourth-order valence-corrected chi connectivity index (χ4v) is 3.49. The van der Waals surface area contributed by atoms with Crippen LogP contribution in [0.4, 0.5) is 5.69 Å². The molecule has 1 rings (SSSR count). The van der Waals surface area contributed by atoms with Gasteiger partial charge in [0.15, 0.2) is 0 Å². The van der Waals surface area contributed by atoms with Crippen molar-refractivity contribution >= 4 is 37.5 Å². The van der Waals surface area contributed by atoms with E-state index in [1.807, 2.05) is 0 Å². The van der Waals surface area contributed by atoms with Crippen LogP contribution in [-0.4, -0.2) is 6.04 Å². The van der Waals surface area contributed by atoms with Crippen LogP contribution in [0.5, 0.6) is 0 Å². The van der Waals surface area contributed by atoms with Crippen LogP contribution in [0.2, 0.25) is 0 Å². The van der Waals surface area contributed by atoms with E-state index in [0.717, 1.165) is 14.6 Å². The van der Waals surface area contributed by atoms with Crippen molar-refractivity contribution in [2.75, 3.05) is 5.32 Å². The van der Waals surface area contributed by atoms with Crippen LogP contribution >= 0.6 is 31.9 Å². The van der Waals surface area contributed by atoms with Crippen LogP contribution in [0.1, 0.15) is 32.8 Å². The van der Waals surface area contributed by atoms with Crippen LogP contribution in [-0.2, 0) is 0 Å². The number of anilines is 1. The Kier molecular flexibility index (Phi) is 5.32. The second-order valence-corrected chi connectivity index (χ2v) is 6.49. The molecule has 1 N–H and O–H groups in total. The Labute approximate surface area is 115 Å². The summed E-state index contributed by atoms with van der Waals surface area (Å²) in [5.41, 5.74) is 2.40. The minimum Gasteiger partial charge on any atom is -0.381 e. The van der Waals surface area contributed by atoms with Crippen LogP contribution in [0, 0.1) is 12.8 Å². The zero-order valence-corrected chi connectivity index (χ0v) is 13.4. The van der Waals surface area contributed by atoms with Crippen LogP contribution in [0.3, 0.4) is 0 Å². The highest BCUT2D eigenvalue weighted by Crippen LogP contribution is 2.33. The summed E-state index contributed by atoms with van der Waals surface area (Å²) in [7, 11) is 0. The topological polar surface area (TPSA) is 12.0 Å². The maximum absolute atomic E-state index is 3.60. The van der Waals surface area contributed by atoms with Crippen molar-refractivity contribution in [3.8, 4) is 0 Å². The molecule has 0 saturated heterocycles. The van der Waals surface area contributed by atoms with Crippen LogP contribution in [0.25, 0.3) is 0 Å². The number of halogens is 2. The lowest BCUT2D eigenvalue weighted by molar-refractivity contribution is 0.539. The summed E-state index contributed by atoms with van der Waals surface area (Å²) >= 11 is 7.20. The predicted molar refractivity (Wildman–Crippen MR) is 79.1 cm³/mol. The van der Waals surface area contributed by atoms with E-state index in [1.54, 1.807) is 0 Å². The van der Waals surface area contributed by atoms with E-state index in [1.165, 1.54) is 12.0 Å². The third-order valence-electron chi connectivity index (χ3n) is 2.40. The SMILES string of the molecule is Cc1cc(Br)c(NC(C)CC(C)C)c(Br)c1. The first kappa shape index (κ1) is 14.0. The number of hydrogen-bond donors (Lipinski definition) is 1. The van der Waals surface area contributed by atoms with Gasteiger partial charge in [-0.3, -0.25) is 0 Å². The Morgan fingerprint density at radius 3 is 2.06 bits per heavy atom. The predicted octanol–water partition coefficient (Wildman–Crippen LogP) is 5.37. The summed E-state index contributed by atoms with van der Waals surface area (Å²) < 4.78 is 2.24. The molecule has 0 aliphatic carbocycles. The van der Waals surface area contributed by atoms with E-state index in [4.69, 9.17) is 0 Å². The molecular formula is C13H19Br2N. The van der Waals surface area contributed by atoms with Crippen molar-refractivity contribution in [2.45, 2.75) is 40.2 Å². The third-order valence-corrected chi connectivity index (χ3v) is 3.65. The second kappa shape index (κ2) is 6.06. The van der Waals surface area contributed by atoms with E-state index >= 15 is 0 Å². The molecule has 1 atom stereocenters. The van der Waals surface area contributed by atoms with Gasteiger partial charge >= 0.3 is 0 Å². The smallest absolute Gasteiger partial charge is 0.0631 e. The van der Waals surface area contributed by atoms with Gasteiger partial charge in [0, 0.05) is 15.0 Å². The Bertz CT molecular complexity index is 338. The van der Waals surface area contributed by atoms with E-state index in [0.29, 0.717) is 12.0 Å². The summed E-state index contributed by atoms with van der Waals surface area (Å²) in [6, 6.07) is 4.75. The molecule has 0 radical (unpaired) electrons. The molecular weight excluding hydrogens is 330 g/mol. The Morgan fingerprint density at radius 2 is 1.62 bits per heavy atom. The van der Waals surface area contributed by atoms with Crippen molar-refractivity contribution < 1.29 is 0 Å². The zero-order valence-electron chi connectivity index (χ0n) is 10.3. The molecule has 1 unspecified atom stereocenters. The normalized spacial score (nSPS) is 12.9. The van der Waals surface area contributed by atoms with E-state index in [-0.39, 0.29) is 0 Å². The average molecular weight is 349 g/mol. The molecule has 1 aromatic carbocycles. The first-order valence-corrected chi connectivity index (χ1v) is 7.21. The molecule has 16 heavy (non-hydrogen) atoms. The van der Waals surface area contributed by atoms with E-state index in [9.17, 15) is 0 Å². The van der Waals surface area contributed by atoms with E-state index in [2.05, 4.69) is 77.0 Å². The maximum Gasteiger partial charge on any atom is 0.0631 e. The summed E-state index contributed by atoms with van der Waals surface area (Å²) in [6.07, 6.45) is 1.17. The molecule has 0 aromatic heterocycles. The van der Waals surface area contributed by atoms with Gasteiger partial charge in [0.25, 0.3) is 0 Å². The lowest BCUT2D eigenvalue weighted by Gasteiger charge is -2.19.